The van der Waals surface area contributed by atoms with Crippen LogP contribution in [0, 0.1) is 0 Å². The number of carbonyl (C=O) groups excluding carboxylic acids is 1. The Morgan fingerprint density at radius 1 is 1.50 bits per heavy atom. The standard InChI is InChI=1S/C5H4F3NO/c1-9-3-2(6)4(10)5(3,7)8/h9H,1H3. The number of nitrogens with one attached hydrogen (secondary N) is 1. The first-order valence-electron chi connectivity index (χ1n) is 2.52. The van der Waals surface area contributed by atoms with Crippen molar-refractivity contribution in [3.63, 3.8) is 0 Å². The lowest BCUT2D eigenvalue weighted by Crippen LogP contribution is -2.47. The summed E-state index contributed by atoms with van der Waals surface area (Å²) in [6.07, 6.45) is 0. The normalized spacial score (nSPS) is 22.6. The van der Waals surface area contributed by atoms with Crippen LogP contribution in [-0.4, -0.2) is 18.8 Å². The summed E-state index contributed by atoms with van der Waals surface area (Å²) in [5.41, 5.74) is -0.919. The minimum absolute atomic E-state index is 0.919. The van der Waals surface area contributed by atoms with Crippen LogP contribution in [0.4, 0.5) is 13.2 Å². The molecule has 0 saturated heterocycles. The fraction of sp³-hybridized carbons (Fsp3) is 0.400. The Kier molecular flexibility index (Phi) is 1.24. The van der Waals surface area contributed by atoms with E-state index in [0.717, 1.165) is 7.05 Å². The second-order valence-electron chi connectivity index (χ2n) is 1.84. The maximum atomic E-state index is 12.1. The minimum atomic E-state index is -3.63. The number of alkyl halides is 2. The summed E-state index contributed by atoms with van der Waals surface area (Å²) in [5, 5.41) is 1.91. The Morgan fingerprint density at radius 3 is 2.20 bits per heavy atom. The zero-order chi connectivity index (χ0) is 7.94. The van der Waals surface area contributed by atoms with Gasteiger partial charge < -0.3 is 5.32 Å². The van der Waals surface area contributed by atoms with E-state index in [1.807, 2.05) is 5.32 Å². The van der Waals surface area contributed by atoms with Crippen molar-refractivity contribution in [3.8, 4) is 0 Å². The third-order valence-electron chi connectivity index (χ3n) is 1.27. The van der Waals surface area contributed by atoms with E-state index in [1.54, 1.807) is 0 Å². The fourth-order valence-electron chi connectivity index (χ4n) is 0.707. The molecule has 0 saturated carbocycles. The van der Waals surface area contributed by atoms with Crippen molar-refractivity contribution < 1.29 is 18.0 Å². The van der Waals surface area contributed by atoms with Gasteiger partial charge in [0.25, 0.3) is 5.78 Å². The maximum absolute atomic E-state index is 12.1. The zero-order valence-electron chi connectivity index (χ0n) is 5.04. The average molecular weight is 151 g/mol. The van der Waals surface area contributed by atoms with Gasteiger partial charge in [0.2, 0.25) is 0 Å². The Balaban J connectivity index is 3.01. The van der Waals surface area contributed by atoms with Crippen LogP contribution in [0.5, 0.6) is 0 Å². The molecule has 0 spiro atoms. The lowest BCUT2D eigenvalue weighted by molar-refractivity contribution is -0.142. The highest BCUT2D eigenvalue weighted by molar-refractivity contribution is 6.09. The largest absolute Gasteiger partial charge is 0.384 e. The van der Waals surface area contributed by atoms with Crippen LogP contribution in [0.25, 0.3) is 0 Å². The number of Topliss-reactive ketones (excluding diaryl/α,β-unsaturated/α-hetero) is 1. The SMILES string of the molecule is CNC1=C(F)C(=O)C1(F)F. The van der Waals surface area contributed by atoms with E-state index in [0.29, 0.717) is 0 Å². The van der Waals surface area contributed by atoms with Crippen molar-refractivity contribution in [2.24, 2.45) is 0 Å². The summed E-state index contributed by atoms with van der Waals surface area (Å²) in [5.74, 6) is -6.73. The monoisotopic (exact) mass is 151 g/mol. The molecule has 56 valence electrons. The molecule has 0 atom stereocenters. The van der Waals surface area contributed by atoms with E-state index in [4.69, 9.17) is 0 Å². The maximum Gasteiger partial charge on any atom is 0.354 e. The highest BCUT2D eigenvalue weighted by Gasteiger charge is 2.57. The lowest BCUT2D eigenvalue weighted by atomic mass is 9.97. The summed E-state index contributed by atoms with van der Waals surface area (Å²) < 4.78 is 36.3. The highest BCUT2D eigenvalue weighted by Crippen LogP contribution is 2.38. The van der Waals surface area contributed by atoms with Gasteiger partial charge in [-0.1, -0.05) is 0 Å². The van der Waals surface area contributed by atoms with Crippen molar-refractivity contribution in [2.75, 3.05) is 7.05 Å². The Hall–Kier alpha value is -1.00. The lowest BCUT2D eigenvalue weighted by Gasteiger charge is -2.25. The Morgan fingerprint density at radius 2 is 2.00 bits per heavy atom. The summed E-state index contributed by atoms with van der Waals surface area (Å²) >= 11 is 0. The molecule has 5 heteroatoms. The number of hydrogen-bond donors (Lipinski definition) is 1. The quantitative estimate of drug-likeness (QED) is 0.594. The number of allylic oxidation sites excluding steroid dienone is 2. The van der Waals surface area contributed by atoms with Gasteiger partial charge in [-0.05, 0) is 0 Å². The minimum Gasteiger partial charge on any atom is -0.384 e. The molecule has 1 aliphatic rings. The molecular formula is C5H4F3NO. The van der Waals surface area contributed by atoms with Crippen LogP contribution in [0.2, 0.25) is 0 Å². The van der Waals surface area contributed by atoms with Crippen molar-refractivity contribution in [1.29, 1.82) is 0 Å². The first-order chi connectivity index (χ1) is 4.51. The van der Waals surface area contributed by atoms with Crippen molar-refractivity contribution in [1.82, 2.24) is 5.32 Å². The van der Waals surface area contributed by atoms with Crippen LogP contribution in [0.3, 0.4) is 0 Å². The molecule has 10 heavy (non-hydrogen) atoms. The first-order valence-corrected chi connectivity index (χ1v) is 2.52. The van der Waals surface area contributed by atoms with Crippen LogP contribution in [-0.2, 0) is 4.79 Å². The van der Waals surface area contributed by atoms with Gasteiger partial charge in [-0.2, -0.15) is 8.78 Å². The van der Waals surface area contributed by atoms with Gasteiger partial charge in [0.1, 0.15) is 5.70 Å². The molecule has 1 aliphatic carbocycles. The van der Waals surface area contributed by atoms with E-state index in [1.165, 1.54) is 0 Å². The smallest absolute Gasteiger partial charge is 0.354 e. The topological polar surface area (TPSA) is 29.1 Å². The number of ketones is 1. The third kappa shape index (κ3) is 0.571. The average Bonchev–Trinajstić information content (AvgIpc) is 1.88. The Labute approximate surface area is 54.7 Å². The highest BCUT2D eigenvalue weighted by atomic mass is 19.3. The number of carbonyl (C=O) groups is 1. The van der Waals surface area contributed by atoms with Gasteiger partial charge in [0.15, 0.2) is 5.83 Å². The predicted molar refractivity (Wildman–Crippen MR) is 27.1 cm³/mol. The van der Waals surface area contributed by atoms with Crippen LogP contribution in [0.15, 0.2) is 11.5 Å². The van der Waals surface area contributed by atoms with Gasteiger partial charge in [0.05, 0.1) is 0 Å². The van der Waals surface area contributed by atoms with Crippen molar-refractivity contribution in [3.05, 3.63) is 11.5 Å². The molecule has 0 aromatic rings. The molecule has 0 aliphatic heterocycles. The number of rotatable bonds is 1. The van der Waals surface area contributed by atoms with Crippen molar-refractivity contribution >= 4 is 5.78 Å². The third-order valence-corrected chi connectivity index (χ3v) is 1.27. The van der Waals surface area contributed by atoms with E-state index in [9.17, 15) is 18.0 Å². The Bertz CT molecular complexity index is 221. The molecule has 0 radical (unpaired) electrons. The summed E-state index contributed by atoms with van der Waals surface area (Å²) in [6.45, 7) is 0. The van der Waals surface area contributed by atoms with Gasteiger partial charge in [-0.3, -0.25) is 4.79 Å². The predicted octanol–water partition coefficient (Wildman–Crippen LogP) is 0.605. The molecule has 0 fully saturated rings. The van der Waals surface area contributed by atoms with Gasteiger partial charge in [-0.25, -0.2) is 4.39 Å². The number of halogens is 3. The molecule has 0 unspecified atom stereocenters. The summed E-state index contributed by atoms with van der Waals surface area (Å²) in [6, 6.07) is 0. The van der Waals surface area contributed by atoms with E-state index >= 15 is 0 Å². The zero-order valence-corrected chi connectivity index (χ0v) is 5.04. The molecule has 0 bridgehead atoms. The molecule has 0 heterocycles. The fourth-order valence-corrected chi connectivity index (χ4v) is 0.707. The summed E-state index contributed by atoms with van der Waals surface area (Å²) in [7, 11) is 1.13. The van der Waals surface area contributed by atoms with Crippen LogP contribution in [0.1, 0.15) is 0 Å². The number of hydrogen-bond acceptors (Lipinski definition) is 2. The van der Waals surface area contributed by atoms with E-state index < -0.39 is 23.2 Å². The van der Waals surface area contributed by atoms with Gasteiger partial charge in [0, 0.05) is 7.05 Å². The van der Waals surface area contributed by atoms with Crippen LogP contribution < -0.4 is 5.32 Å². The van der Waals surface area contributed by atoms with Gasteiger partial charge >= 0.3 is 5.92 Å². The molecule has 1 rings (SSSR count). The second-order valence-corrected chi connectivity index (χ2v) is 1.84. The van der Waals surface area contributed by atoms with E-state index in [-0.39, 0.29) is 0 Å². The molecule has 0 amide bonds. The molecule has 1 N–H and O–H groups in total. The molecular weight excluding hydrogens is 147 g/mol. The molecule has 2 nitrogen and oxygen atoms in total. The van der Waals surface area contributed by atoms with Crippen LogP contribution >= 0.6 is 0 Å². The molecule has 0 aromatic heterocycles. The van der Waals surface area contributed by atoms with Crippen molar-refractivity contribution in [2.45, 2.75) is 5.92 Å². The summed E-state index contributed by atoms with van der Waals surface area (Å²) in [4.78, 5) is 10.0. The van der Waals surface area contributed by atoms with Gasteiger partial charge in [-0.15, -0.1) is 0 Å². The second kappa shape index (κ2) is 1.74. The van der Waals surface area contributed by atoms with E-state index in [2.05, 4.69) is 0 Å². The molecule has 0 aromatic carbocycles. The first kappa shape index (κ1) is 7.11.